The predicted molar refractivity (Wildman–Crippen MR) is 51.8 cm³/mol. The molecular weight excluding hydrogens is 245 g/mol. The lowest BCUT2D eigenvalue weighted by atomic mass is 10.1. The fraction of sp³-hybridized carbons (Fsp3) is 0.300. The molecule has 1 N–H and O–H groups in total. The first-order valence-electron chi connectivity index (χ1n) is 4.42. The van der Waals surface area contributed by atoms with Crippen molar-refractivity contribution >= 4 is 17.6 Å². The van der Waals surface area contributed by atoms with E-state index in [9.17, 15) is 18.0 Å². The van der Waals surface area contributed by atoms with Crippen molar-refractivity contribution in [2.75, 3.05) is 0 Å². The Hall–Kier alpha value is -1.23. The zero-order valence-electron chi connectivity index (χ0n) is 8.01. The highest BCUT2D eigenvalue weighted by atomic mass is 35.5. The summed E-state index contributed by atoms with van der Waals surface area (Å²) in [6.45, 7) is 0. The minimum absolute atomic E-state index is 0.0567. The van der Waals surface area contributed by atoms with Gasteiger partial charge >= 0.3 is 5.97 Å². The second-order valence-electron chi connectivity index (χ2n) is 3.19. The van der Waals surface area contributed by atoms with E-state index >= 15 is 0 Å². The monoisotopic (exact) mass is 252 g/mol. The molecule has 0 fully saturated rings. The Morgan fingerprint density at radius 3 is 2.38 bits per heavy atom. The van der Waals surface area contributed by atoms with Crippen LogP contribution in [0.3, 0.4) is 0 Å². The largest absolute Gasteiger partial charge is 0.481 e. The van der Waals surface area contributed by atoms with Crippen LogP contribution in [0.2, 0.25) is 0 Å². The predicted octanol–water partition coefficient (Wildman–Crippen LogP) is 3.25. The van der Waals surface area contributed by atoms with Crippen LogP contribution < -0.4 is 0 Å². The molecule has 1 rings (SSSR count). The van der Waals surface area contributed by atoms with E-state index in [1.807, 2.05) is 0 Å². The van der Waals surface area contributed by atoms with Gasteiger partial charge in [0.25, 0.3) is 0 Å². The van der Waals surface area contributed by atoms with Gasteiger partial charge in [0.2, 0.25) is 0 Å². The van der Waals surface area contributed by atoms with Gasteiger partial charge in [0, 0.05) is 18.1 Å². The molecule has 0 spiro atoms. The number of carboxylic acids is 1. The summed E-state index contributed by atoms with van der Waals surface area (Å²) in [7, 11) is 0. The van der Waals surface area contributed by atoms with E-state index in [4.69, 9.17) is 16.7 Å². The van der Waals surface area contributed by atoms with Gasteiger partial charge in [-0.25, -0.2) is 13.2 Å². The lowest BCUT2D eigenvalue weighted by Crippen LogP contribution is -2.02. The molecule has 0 bridgehead atoms. The average Bonchev–Trinajstić information content (AvgIpc) is 2.20. The number of aliphatic carboxylic acids is 1. The van der Waals surface area contributed by atoms with E-state index in [0.29, 0.717) is 12.1 Å². The van der Waals surface area contributed by atoms with Gasteiger partial charge in [-0.1, -0.05) is 0 Å². The van der Waals surface area contributed by atoms with Crippen molar-refractivity contribution in [3.63, 3.8) is 0 Å². The van der Waals surface area contributed by atoms with Crippen molar-refractivity contribution in [2.45, 2.75) is 18.2 Å². The maximum Gasteiger partial charge on any atom is 0.303 e. The molecule has 0 radical (unpaired) electrons. The third-order valence-electron chi connectivity index (χ3n) is 1.99. The number of carbonyl (C=O) groups is 1. The Labute approximate surface area is 94.6 Å². The number of carboxylic acid groups (broad SMARTS) is 1. The van der Waals surface area contributed by atoms with Gasteiger partial charge in [0.1, 0.15) is 5.82 Å². The summed E-state index contributed by atoms with van der Waals surface area (Å²) in [6.07, 6.45) is -0.328. The highest BCUT2D eigenvalue weighted by molar-refractivity contribution is 6.20. The summed E-state index contributed by atoms with van der Waals surface area (Å²) in [6, 6.07) is 1.03. The first-order chi connectivity index (χ1) is 7.41. The molecule has 0 aliphatic heterocycles. The van der Waals surface area contributed by atoms with Crippen molar-refractivity contribution in [1.29, 1.82) is 0 Å². The first kappa shape index (κ1) is 12.8. The third-order valence-corrected chi connectivity index (χ3v) is 2.44. The molecule has 2 nitrogen and oxygen atoms in total. The fourth-order valence-corrected chi connectivity index (χ4v) is 1.46. The van der Waals surface area contributed by atoms with Crippen molar-refractivity contribution in [3.05, 3.63) is 35.1 Å². The molecule has 0 saturated heterocycles. The van der Waals surface area contributed by atoms with Crippen LogP contribution in [0.5, 0.6) is 0 Å². The minimum atomic E-state index is -1.30. The van der Waals surface area contributed by atoms with Crippen molar-refractivity contribution in [3.8, 4) is 0 Å². The molecule has 1 atom stereocenters. The molecule has 1 aromatic rings. The summed E-state index contributed by atoms with van der Waals surface area (Å²) in [5.74, 6) is -4.58. The first-order valence-corrected chi connectivity index (χ1v) is 4.85. The van der Waals surface area contributed by atoms with Crippen molar-refractivity contribution in [1.82, 2.24) is 0 Å². The number of alkyl halides is 1. The second-order valence-corrected chi connectivity index (χ2v) is 3.71. The number of hydrogen-bond acceptors (Lipinski definition) is 1. The highest BCUT2D eigenvalue weighted by Gasteiger charge is 2.17. The molecule has 0 aromatic heterocycles. The summed E-state index contributed by atoms with van der Waals surface area (Å²) in [5.41, 5.74) is -0.234. The molecule has 1 aromatic carbocycles. The van der Waals surface area contributed by atoms with Gasteiger partial charge in [-0.05, 0) is 12.5 Å². The molecule has 1 unspecified atom stereocenters. The van der Waals surface area contributed by atoms with Crippen LogP contribution in [0.4, 0.5) is 13.2 Å². The number of rotatable bonds is 4. The van der Waals surface area contributed by atoms with Crippen LogP contribution in [0.15, 0.2) is 12.1 Å². The van der Waals surface area contributed by atoms with Crippen LogP contribution in [0.25, 0.3) is 0 Å². The zero-order valence-corrected chi connectivity index (χ0v) is 8.77. The van der Waals surface area contributed by atoms with Gasteiger partial charge in [0.15, 0.2) is 11.6 Å². The van der Waals surface area contributed by atoms with Gasteiger partial charge in [0.05, 0.1) is 5.38 Å². The van der Waals surface area contributed by atoms with E-state index in [2.05, 4.69) is 0 Å². The van der Waals surface area contributed by atoms with E-state index in [0.717, 1.165) is 0 Å². The van der Waals surface area contributed by atoms with Crippen molar-refractivity contribution in [2.24, 2.45) is 0 Å². The average molecular weight is 253 g/mol. The molecule has 0 heterocycles. The Bertz CT molecular complexity index is 409. The molecular formula is C10H8ClF3O2. The van der Waals surface area contributed by atoms with Crippen LogP contribution in [0.1, 0.15) is 23.8 Å². The fourth-order valence-electron chi connectivity index (χ4n) is 1.18. The lowest BCUT2D eigenvalue weighted by molar-refractivity contribution is -0.137. The van der Waals surface area contributed by atoms with E-state index in [-0.39, 0.29) is 18.4 Å². The SMILES string of the molecule is O=C(O)CCC(Cl)c1cc(F)c(F)cc1F. The smallest absolute Gasteiger partial charge is 0.303 e. The van der Waals surface area contributed by atoms with Crippen molar-refractivity contribution < 1.29 is 23.1 Å². The Kier molecular flexibility index (Phi) is 4.18. The summed E-state index contributed by atoms with van der Waals surface area (Å²) < 4.78 is 38.6. The molecule has 0 saturated carbocycles. The molecule has 88 valence electrons. The molecule has 6 heteroatoms. The maximum atomic E-state index is 13.2. The summed E-state index contributed by atoms with van der Waals surface area (Å²) in [4.78, 5) is 10.3. The molecule has 0 aliphatic rings. The number of hydrogen-bond donors (Lipinski definition) is 1. The minimum Gasteiger partial charge on any atom is -0.481 e. The van der Waals surface area contributed by atoms with Crippen LogP contribution in [-0.2, 0) is 4.79 Å². The zero-order chi connectivity index (χ0) is 12.3. The van der Waals surface area contributed by atoms with Gasteiger partial charge in [-0.2, -0.15) is 0 Å². The third kappa shape index (κ3) is 3.13. The summed E-state index contributed by atoms with van der Waals surface area (Å²) in [5, 5.41) is 7.40. The molecule has 0 aliphatic carbocycles. The van der Waals surface area contributed by atoms with E-state index < -0.39 is 28.8 Å². The van der Waals surface area contributed by atoms with E-state index in [1.165, 1.54) is 0 Å². The topological polar surface area (TPSA) is 37.3 Å². The quantitative estimate of drug-likeness (QED) is 0.660. The van der Waals surface area contributed by atoms with E-state index in [1.54, 1.807) is 0 Å². The lowest BCUT2D eigenvalue weighted by Gasteiger charge is -2.09. The Morgan fingerprint density at radius 1 is 1.25 bits per heavy atom. The van der Waals surface area contributed by atoms with Crippen LogP contribution in [0, 0.1) is 17.5 Å². The van der Waals surface area contributed by atoms with Gasteiger partial charge < -0.3 is 5.11 Å². The normalized spacial score (nSPS) is 12.5. The standard InChI is InChI=1S/C10H8ClF3O2/c11-6(1-2-10(15)16)5-3-8(13)9(14)4-7(5)12/h3-4,6H,1-2H2,(H,15,16). The maximum absolute atomic E-state index is 13.2. The van der Waals surface area contributed by atoms with Gasteiger partial charge in [-0.15, -0.1) is 11.6 Å². The summed E-state index contributed by atoms with van der Waals surface area (Å²) >= 11 is 5.69. The highest BCUT2D eigenvalue weighted by Crippen LogP contribution is 2.29. The van der Waals surface area contributed by atoms with Gasteiger partial charge in [-0.3, -0.25) is 4.79 Å². The molecule has 0 amide bonds. The Balaban J connectivity index is 2.86. The number of benzene rings is 1. The number of halogens is 4. The van der Waals surface area contributed by atoms with Crippen LogP contribution >= 0.6 is 11.6 Å². The van der Waals surface area contributed by atoms with Crippen LogP contribution in [-0.4, -0.2) is 11.1 Å². The molecule has 16 heavy (non-hydrogen) atoms. The second kappa shape index (κ2) is 5.21. The Morgan fingerprint density at radius 2 is 1.81 bits per heavy atom.